The van der Waals surface area contributed by atoms with E-state index in [0.717, 1.165) is 25.7 Å². The SMILES string of the molecule is CCCCC[C@H]1CC[C@H](C(=O)Oc2cc(F)c(OC(F)(F)F)c(F)c2)CC1. The van der Waals surface area contributed by atoms with Gasteiger partial charge < -0.3 is 9.47 Å². The molecule has 1 aliphatic rings. The number of rotatable bonds is 7. The molecule has 152 valence electrons. The fourth-order valence-corrected chi connectivity index (χ4v) is 3.38. The number of hydrogen-bond donors (Lipinski definition) is 0. The summed E-state index contributed by atoms with van der Waals surface area (Å²) in [5.41, 5.74) is 0. The van der Waals surface area contributed by atoms with Gasteiger partial charge in [0.15, 0.2) is 11.6 Å². The Bertz CT molecular complexity index is 614. The summed E-state index contributed by atoms with van der Waals surface area (Å²) in [6, 6.07) is 1.02. The Morgan fingerprint density at radius 2 is 1.67 bits per heavy atom. The number of carbonyl (C=O) groups excluding carboxylic acids is 1. The lowest BCUT2D eigenvalue weighted by molar-refractivity contribution is -0.276. The van der Waals surface area contributed by atoms with Gasteiger partial charge in [0.1, 0.15) is 5.75 Å². The number of halogens is 5. The molecular weight excluding hydrogens is 371 g/mol. The van der Waals surface area contributed by atoms with Crippen LogP contribution in [-0.4, -0.2) is 12.3 Å². The van der Waals surface area contributed by atoms with Gasteiger partial charge in [-0.1, -0.05) is 32.6 Å². The van der Waals surface area contributed by atoms with E-state index in [1.165, 1.54) is 12.8 Å². The summed E-state index contributed by atoms with van der Waals surface area (Å²) in [4.78, 5) is 12.2. The number of carbonyl (C=O) groups is 1. The maximum atomic E-state index is 13.7. The Morgan fingerprint density at radius 3 is 2.19 bits per heavy atom. The largest absolute Gasteiger partial charge is 0.573 e. The molecule has 1 fully saturated rings. The minimum atomic E-state index is -5.23. The highest BCUT2D eigenvalue weighted by atomic mass is 19.4. The summed E-state index contributed by atoms with van der Waals surface area (Å²) in [6.07, 6.45) is 2.47. The summed E-state index contributed by atoms with van der Waals surface area (Å²) in [5.74, 6) is -5.64. The minimum absolute atomic E-state index is 0.371. The van der Waals surface area contributed by atoms with Crippen molar-refractivity contribution in [3.05, 3.63) is 23.8 Å². The van der Waals surface area contributed by atoms with Crippen LogP contribution in [0.5, 0.6) is 11.5 Å². The number of unbranched alkanes of at least 4 members (excludes halogenated alkanes) is 2. The van der Waals surface area contributed by atoms with Gasteiger partial charge >= 0.3 is 12.3 Å². The van der Waals surface area contributed by atoms with Crippen molar-refractivity contribution in [1.29, 1.82) is 0 Å². The Kier molecular flexibility index (Phi) is 7.44. The summed E-state index contributed by atoms with van der Waals surface area (Å²) in [7, 11) is 0. The van der Waals surface area contributed by atoms with Crippen LogP contribution >= 0.6 is 0 Å². The Hall–Kier alpha value is -1.86. The zero-order valence-electron chi connectivity index (χ0n) is 15.1. The van der Waals surface area contributed by atoms with Crippen molar-refractivity contribution in [2.45, 2.75) is 64.7 Å². The molecule has 2 rings (SSSR count). The molecule has 8 heteroatoms. The Morgan fingerprint density at radius 1 is 1.07 bits per heavy atom. The molecule has 0 bridgehead atoms. The molecule has 0 unspecified atom stereocenters. The average Bonchev–Trinajstić information content (AvgIpc) is 2.58. The maximum absolute atomic E-state index is 13.7. The molecular formula is C19H23F5O3. The Balaban J connectivity index is 1.91. The van der Waals surface area contributed by atoms with E-state index in [2.05, 4.69) is 11.7 Å². The van der Waals surface area contributed by atoms with Crippen LogP contribution in [0.4, 0.5) is 22.0 Å². The lowest BCUT2D eigenvalue weighted by atomic mass is 9.80. The van der Waals surface area contributed by atoms with Gasteiger partial charge in [-0.15, -0.1) is 13.2 Å². The average molecular weight is 394 g/mol. The van der Waals surface area contributed by atoms with Crippen LogP contribution in [0, 0.1) is 23.5 Å². The predicted octanol–water partition coefficient (Wildman–Crippen LogP) is 6.16. The number of ether oxygens (including phenoxy) is 2. The third-order valence-electron chi connectivity index (χ3n) is 4.80. The molecule has 0 heterocycles. The van der Waals surface area contributed by atoms with Crippen molar-refractivity contribution in [3.63, 3.8) is 0 Å². The highest BCUT2D eigenvalue weighted by Gasteiger charge is 2.34. The van der Waals surface area contributed by atoms with Gasteiger partial charge in [-0.3, -0.25) is 4.79 Å². The van der Waals surface area contributed by atoms with Gasteiger partial charge in [0.25, 0.3) is 0 Å². The molecule has 0 saturated heterocycles. The first kappa shape index (κ1) is 21.4. The smallest absolute Gasteiger partial charge is 0.426 e. The molecule has 1 aromatic carbocycles. The first-order valence-electron chi connectivity index (χ1n) is 9.16. The number of alkyl halides is 3. The van der Waals surface area contributed by atoms with E-state index in [1.807, 2.05) is 0 Å². The number of esters is 1. The van der Waals surface area contributed by atoms with E-state index in [4.69, 9.17) is 4.74 Å². The number of benzene rings is 1. The quantitative estimate of drug-likeness (QED) is 0.241. The van der Waals surface area contributed by atoms with Crippen LogP contribution in [0.3, 0.4) is 0 Å². The van der Waals surface area contributed by atoms with Crippen molar-refractivity contribution in [1.82, 2.24) is 0 Å². The number of hydrogen-bond acceptors (Lipinski definition) is 3. The second-order valence-corrected chi connectivity index (χ2v) is 6.90. The van der Waals surface area contributed by atoms with Gasteiger partial charge in [-0.2, -0.15) is 0 Å². The van der Waals surface area contributed by atoms with Crippen LogP contribution in [0.25, 0.3) is 0 Å². The predicted molar refractivity (Wildman–Crippen MR) is 88.3 cm³/mol. The van der Waals surface area contributed by atoms with Gasteiger partial charge in [0.2, 0.25) is 5.75 Å². The molecule has 0 aliphatic heterocycles. The second kappa shape index (κ2) is 9.37. The minimum Gasteiger partial charge on any atom is -0.426 e. The summed E-state index contributed by atoms with van der Waals surface area (Å²) >= 11 is 0. The molecule has 1 aromatic rings. The van der Waals surface area contributed by atoms with Gasteiger partial charge in [0.05, 0.1) is 5.92 Å². The van der Waals surface area contributed by atoms with Crippen molar-refractivity contribution in [2.75, 3.05) is 0 Å². The van der Waals surface area contributed by atoms with E-state index in [-0.39, 0.29) is 5.92 Å². The van der Waals surface area contributed by atoms with E-state index in [9.17, 15) is 26.7 Å². The fourth-order valence-electron chi connectivity index (χ4n) is 3.38. The molecule has 0 N–H and O–H groups in total. The van der Waals surface area contributed by atoms with E-state index >= 15 is 0 Å². The Labute approximate surface area is 154 Å². The first-order chi connectivity index (χ1) is 12.7. The molecule has 0 amide bonds. The monoisotopic (exact) mass is 394 g/mol. The molecule has 0 aromatic heterocycles. The zero-order valence-corrected chi connectivity index (χ0v) is 15.1. The molecule has 0 atom stereocenters. The summed E-state index contributed by atoms with van der Waals surface area (Å²) in [5, 5.41) is 0. The van der Waals surface area contributed by atoms with Gasteiger partial charge in [-0.05, 0) is 31.6 Å². The van der Waals surface area contributed by atoms with Crippen molar-refractivity contribution in [2.24, 2.45) is 11.8 Å². The van der Waals surface area contributed by atoms with Crippen molar-refractivity contribution < 1.29 is 36.2 Å². The lowest BCUT2D eigenvalue weighted by Crippen LogP contribution is -2.26. The van der Waals surface area contributed by atoms with Crippen LogP contribution in [0.2, 0.25) is 0 Å². The van der Waals surface area contributed by atoms with E-state index < -0.39 is 35.5 Å². The van der Waals surface area contributed by atoms with Crippen LogP contribution in [-0.2, 0) is 4.79 Å². The van der Waals surface area contributed by atoms with Crippen molar-refractivity contribution in [3.8, 4) is 11.5 Å². The van der Waals surface area contributed by atoms with Gasteiger partial charge in [0, 0.05) is 12.1 Å². The van der Waals surface area contributed by atoms with Crippen molar-refractivity contribution >= 4 is 5.97 Å². The molecule has 3 nitrogen and oxygen atoms in total. The summed E-state index contributed by atoms with van der Waals surface area (Å²) in [6.45, 7) is 2.14. The molecule has 1 aliphatic carbocycles. The zero-order chi connectivity index (χ0) is 20.0. The third kappa shape index (κ3) is 6.66. The highest BCUT2D eigenvalue weighted by molar-refractivity contribution is 5.75. The summed E-state index contributed by atoms with van der Waals surface area (Å²) < 4.78 is 72.1. The molecule has 0 spiro atoms. The van der Waals surface area contributed by atoms with Gasteiger partial charge in [-0.25, -0.2) is 8.78 Å². The van der Waals surface area contributed by atoms with E-state index in [0.29, 0.717) is 30.9 Å². The molecule has 1 saturated carbocycles. The van der Waals surface area contributed by atoms with Crippen LogP contribution in [0.1, 0.15) is 58.3 Å². The topological polar surface area (TPSA) is 35.5 Å². The maximum Gasteiger partial charge on any atom is 0.573 e. The highest BCUT2D eigenvalue weighted by Crippen LogP contribution is 2.35. The van der Waals surface area contributed by atoms with Crippen LogP contribution in [0.15, 0.2) is 12.1 Å². The molecule has 27 heavy (non-hydrogen) atoms. The van der Waals surface area contributed by atoms with Crippen LogP contribution < -0.4 is 9.47 Å². The fraction of sp³-hybridized carbons (Fsp3) is 0.632. The standard InChI is InChI=1S/C19H23F5O3/c1-2-3-4-5-12-6-8-13(9-7-12)18(25)26-14-10-15(20)17(16(21)11-14)27-19(22,23)24/h10-13H,2-9H2,1H3/t12-,13-. The molecule has 0 radical (unpaired) electrons. The second-order valence-electron chi connectivity index (χ2n) is 6.90. The normalized spacial score (nSPS) is 20.4. The lowest BCUT2D eigenvalue weighted by Gasteiger charge is -2.27. The van der Waals surface area contributed by atoms with E-state index in [1.54, 1.807) is 0 Å². The third-order valence-corrected chi connectivity index (χ3v) is 4.80. The first-order valence-corrected chi connectivity index (χ1v) is 9.16.